The average molecular weight is 421 g/mol. The maximum absolute atomic E-state index is 12.9. The summed E-state index contributed by atoms with van der Waals surface area (Å²) in [6.45, 7) is 5.43. The topological polar surface area (TPSA) is 100 Å². The molecule has 0 aliphatic carbocycles. The van der Waals surface area contributed by atoms with Crippen molar-refractivity contribution < 1.29 is 19.1 Å². The number of rotatable bonds is 6. The zero-order chi connectivity index (χ0) is 22.6. The minimum Gasteiger partial charge on any atom is -0.467 e. The summed E-state index contributed by atoms with van der Waals surface area (Å²) in [6, 6.07) is 13.5. The van der Waals surface area contributed by atoms with Crippen LogP contribution in [-0.2, 0) is 20.7 Å². The number of carbonyl (C=O) groups excluding carboxylic acids is 3. The number of aromatic amines is 1. The summed E-state index contributed by atoms with van der Waals surface area (Å²) in [4.78, 5) is 40.6. The Labute approximate surface area is 181 Å². The molecule has 0 aliphatic heterocycles. The maximum atomic E-state index is 12.9. The highest BCUT2D eigenvalue weighted by atomic mass is 16.5. The summed E-state index contributed by atoms with van der Waals surface area (Å²) in [7, 11) is 1.29. The first-order valence-electron chi connectivity index (χ1n) is 10.0. The minimum atomic E-state index is -0.857. The van der Waals surface area contributed by atoms with Gasteiger partial charge in [0.2, 0.25) is 5.91 Å². The number of benzene rings is 2. The molecule has 1 unspecified atom stereocenters. The number of hydrogen-bond acceptors (Lipinski definition) is 4. The summed E-state index contributed by atoms with van der Waals surface area (Å²) < 4.78 is 4.90. The highest BCUT2D eigenvalue weighted by Gasteiger charge is 2.25. The van der Waals surface area contributed by atoms with E-state index in [2.05, 4.69) is 15.6 Å². The average Bonchev–Trinajstić information content (AvgIpc) is 3.15. The van der Waals surface area contributed by atoms with E-state index in [4.69, 9.17) is 4.74 Å². The van der Waals surface area contributed by atoms with Gasteiger partial charge in [0.1, 0.15) is 6.04 Å². The van der Waals surface area contributed by atoms with Crippen molar-refractivity contribution in [3.63, 3.8) is 0 Å². The fourth-order valence-electron chi connectivity index (χ4n) is 3.15. The van der Waals surface area contributed by atoms with E-state index in [1.807, 2.05) is 51.2 Å². The summed E-state index contributed by atoms with van der Waals surface area (Å²) in [5.74, 6) is -1.12. The van der Waals surface area contributed by atoms with E-state index in [1.54, 1.807) is 24.3 Å². The molecule has 7 heteroatoms. The van der Waals surface area contributed by atoms with Crippen molar-refractivity contribution in [3.05, 3.63) is 65.9 Å². The van der Waals surface area contributed by atoms with Gasteiger partial charge in [-0.25, -0.2) is 4.79 Å². The number of anilines is 1. The standard InChI is InChI=1S/C24H27N3O4/c1-24(2,3)23(30)26-17-9-7-8-15(12-17)21(28)27-20(22(29)31-4)13-16-14-25-19-11-6-5-10-18(16)19/h5-12,14,20,25H,13H2,1-4H3,(H,26,30)(H,27,28). The Morgan fingerprint density at radius 1 is 1.06 bits per heavy atom. The predicted octanol–water partition coefficient (Wildman–Crippen LogP) is 3.67. The lowest BCUT2D eigenvalue weighted by atomic mass is 9.95. The number of nitrogens with one attached hydrogen (secondary N) is 3. The Bertz CT molecular complexity index is 1110. The molecule has 162 valence electrons. The summed E-state index contributed by atoms with van der Waals surface area (Å²) in [5.41, 5.74) is 2.14. The zero-order valence-corrected chi connectivity index (χ0v) is 18.1. The van der Waals surface area contributed by atoms with Gasteiger partial charge in [-0.15, -0.1) is 0 Å². The van der Waals surface area contributed by atoms with Crippen LogP contribution >= 0.6 is 0 Å². The van der Waals surface area contributed by atoms with Crippen LogP contribution in [0.25, 0.3) is 10.9 Å². The normalized spacial score (nSPS) is 12.3. The second-order valence-corrected chi connectivity index (χ2v) is 8.40. The Hall–Kier alpha value is -3.61. The van der Waals surface area contributed by atoms with Crippen LogP contribution in [-0.4, -0.2) is 35.9 Å². The predicted molar refractivity (Wildman–Crippen MR) is 120 cm³/mol. The summed E-state index contributed by atoms with van der Waals surface area (Å²) in [5, 5.41) is 6.55. The largest absolute Gasteiger partial charge is 0.467 e. The smallest absolute Gasteiger partial charge is 0.328 e. The van der Waals surface area contributed by atoms with Gasteiger partial charge in [-0.05, 0) is 29.8 Å². The van der Waals surface area contributed by atoms with Gasteiger partial charge in [-0.1, -0.05) is 45.0 Å². The number of H-pyrrole nitrogens is 1. The fraction of sp³-hybridized carbons (Fsp3) is 0.292. The van der Waals surface area contributed by atoms with Gasteiger partial charge in [-0.3, -0.25) is 9.59 Å². The number of methoxy groups -OCH3 is 1. The van der Waals surface area contributed by atoms with Crippen molar-refractivity contribution in [1.82, 2.24) is 10.3 Å². The molecule has 2 aromatic carbocycles. The Kier molecular flexibility index (Phi) is 6.44. The van der Waals surface area contributed by atoms with Crippen LogP contribution in [0.15, 0.2) is 54.7 Å². The second kappa shape index (κ2) is 9.04. The van der Waals surface area contributed by atoms with Gasteiger partial charge >= 0.3 is 5.97 Å². The van der Waals surface area contributed by atoms with E-state index in [-0.39, 0.29) is 12.3 Å². The molecule has 7 nitrogen and oxygen atoms in total. The number of carbonyl (C=O) groups is 3. The molecule has 31 heavy (non-hydrogen) atoms. The van der Waals surface area contributed by atoms with Gasteiger partial charge in [0.25, 0.3) is 5.91 Å². The maximum Gasteiger partial charge on any atom is 0.328 e. The lowest BCUT2D eigenvalue weighted by molar-refractivity contribution is -0.142. The van der Waals surface area contributed by atoms with Crippen LogP contribution in [0.5, 0.6) is 0 Å². The molecule has 0 aliphatic rings. The number of esters is 1. The first kappa shape index (κ1) is 22.1. The van der Waals surface area contributed by atoms with Crippen molar-refractivity contribution in [2.75, 3.05) is 12.4 Å². The second-order valence-electron chi connectivity index (χ2n) is 8.40. The first-order chi connectivity index (χ1) is 14.7. The molecule has 1 atom stereocenters. The lowest BCUT2D eigenvalue weighted by Gasteiger charge is -2.19. The molecular weight excluding hydrogens is 394 g/mol. The molecule has 1 aromatic heterocycles. The molecule has 0 fully saturated rings. The molecule has 0 radical (unpaired) electrons. The van der Waals surface area contributed by atoms with E-state index in [1.165, 1.54) is 7.11 Å². The molecule has 0 spiro atoms. The molecule has 0 bridgehead atoms. The van der Waals surface area contributed by atoms with Gasteiger partial charge in [0.05, 0.1) is 7.11 Å². The minimum absolute atomic E-state index is 0.156. The highest BCUT2D eigenvalue weighted by Crippen LogP contribution is 2.21. The highest BCUT2D eigenvalue weighted by molar-refractivity contribution is 6.00. The number of amides is 2. The van der Waals surface area contributed by atoms with Crippen molar-refractivity contribution in [2.45, 2.75) is 33.2 Å². The van der Waals surface area contributed by atoms with Crippen LogP contribution in [0.1, 0.15) is 36.7 Å². The van der Waals surface area contributed by atoms with Gasteiger partial charge in [0.15, 0.2) is 0 Å². The molecule has 3 rings (SSSR count). The fourth-order valence-corrected chi connectivity index (χ4v) is 3.15. The van der Waals surface area contributed by atoms with Gasteiger partial charge in [-0.2, -0.15) is 0 Å². The van der Waals surface area contributed by atoms with Crippen LogP contribution in [0.3, 0.4) is 0 Å². The molecule has 3 aromatic rings. The van der Waals surface area contributed by atoms with E-state index in [9.17, 15) is 14.4 Å². The monoisotopic (exact) mass is 421 g/mol. The third-order valence-corrected chi connectivity index (χ3v) is 4.95. The van der Waals surface area contributed by atoms with Crippen molar-refractivity contribution in [2.24, 2.45) is 5.41 Å². The van der Waals surface area contributed by atoms with E-state index in [0.29, 0.717) is 11.3 Å². The van der Waals surface area contributed by atoms with E-state index < -0.39 is 23.3 Å². The van der Waals surface area contributed by atoms with Crippen molar-refractivity contribution in [1.29, 1.82) is 0 Å². The van der Waals surface area contributed by atoms with Crippen LogP contribution in [0.2, 0.25) is 0 Å². The number of ether oxygens (including phenoxy) is 1. The number of fused-ring (bicyclic) bond motifs is 1. The molecule has 0 saturated carbocycles. The third-order valence-electron chi connectivity index (χ3n) is 4.95. The Morgan fingerprint density at radius 2 is 1.81 bits per heavy atom. The molecular formula is C24H27N3O4. The number of aromatic nitrogens is 1. The van der Waals surface area contributed by atoms with Crippen molar-refractivity contribution in [3.8, 4) is 0 Å². The zero-order valence-electron chi connectivity index (χ0n) is 18.1. The van der Waals surface area contributed by atoms with E-state index >= 15 is 0 Å². The molecule has 1 heterocycles. The lowest BCUT2D eigenvalue weighted by Crippen LogP contribution is -2.43. The van der Waals surface area contributed by atoms with Gasteiger partial charge < -0.3 is 20.4 Å². The SMILES string of the molecule is COC(=O)C(Cc1c[nH]c2ccccc12)NC(=O)c1cccc(NC(=O)C(C)(C)C)c1. The van der Waals surface area contributed by atoms with E-state index in [0.717, 1.165) is 16.5 Å². The third kappa shape index (κ3) is 5.31. The van der Waals surface area contributed by atoms with Crippen LogP contribution < -0.4 is 10.6 Å². The summed E-state index contributed by atoms with van der Waals surface area (Å²) in [6.07, 6.45) is 2.11. The van der Waals surface area contributed by atoms with Gasteiger partial charge in [0, 0.05) is 40.2 Å². The molecule has 0 saturated heterocycles. The van der Waals surface area contributed by atoms with Crippen LogP contribution in [0, 0.1) is 5.41 Å². The number of hydrogen-bond donors (Lipinski definition) is 3. The molecule has 2 amide bonds. The van der Waals surface area contributed by atoms with Crippen LogP contribution in [0.4, 0.5) is 5.69 Å². The first-order valence-corrected chi connectivity index (χ1v) is 10.0. The molecule has 3 N–H and O–H groups in total. The quantitative estimate of drug-likeness (QED) is 0.529. The Morgan fingerprint density at radius 3 is 2.52 bits per heavy atom. The number of para-hydroxylation sites is 1. The van der Waals surface area contributed by atoms with Crippen molar-refractivity contribution >= 4 is 34.4 Å². The summed E-state index contributed by atoms with van der Waals surface area (Å²) >= 11 is 0. The Balaban J connectivity index is 1.77.